The molecule has 6 rings (SSSR count). The van der Waals surface area contributed by atoms with Crippen LogP contribution in [0.25, 0.3) is 34.0 Å². The van der Waals surface area contributed by atoms with Gasteiger partial charge in [0.1, 0.15) is 5.58 Å². The van der Waals surface area contributed by atoms with Crippen LogP contribution < -0.4 is 14.2 Å². The zero-order chi connectivity index (χ0) is 23.3. The first-order valence-corrected chi connectivity index (χ1v) is 11.8. The number of benzene rings is 3. The molecule has 5 aromatic rings. The highest BCUT2D eigenvalue weighted by Gasteiger charge is 2.23. The SMILES string of the molecule is Cc1c(-c2nc(-c3ccc4c(c3)OCO4)no2)oc2ccc(S(=O)(=O)Nc3ccccc3)cc12. The van der Waals surface area contributed by atoms with E-state index in [1.165, 1.54) is 6.07 Å². The van der Waals surface area contributed by atoms with Crippen LogP contribution >= 0.6 is 0 Å². The molecule has 0 bridgehead atoms. The van der Waals surface area contributed by atoms with Crippen molar-refractivity contribution >= 4 is 26.7 Å². The quantitative estimate of drug-likeness (QED) is 0.378. The summed E-state index contributed by atoms with van der Waals surface area (Å²) in [4.78, 5) is 4.58. The van der Waals surface area contributed by atoms with Gasteiger partial charge in [-0.15, -0.1) is 0 Å². The molecule has 0 radical (unpaired) electrons. The lowest BCUT2D eigenvalue weighted by molar-refractivity contribution is 0.174. The number of anilines is 1. The second-order valence-electron chi connectivity index (χ2n) is 7.68. The van der Waals surface area contributed by atoms with Crippen LogP contribution in [0.5, 0.6) is 11.5 Å². The van der Waals surface area contributed by atoms with Gasteiger partial charge in [0.25, 0.3) is 15.9 Å². The van der Waals surface area contributed by atoms with Crippen LogP contribution in [0.1, 0.15) is 5.56 Å². The van der Waals surface area contributed by atoms with Crippen molar-refractivity contribution < 1.29 is 26.8 Å². The van der Waals surface area contributed by atoms with Gasteiger partial charge in [-0.2, -0.15) is 4.98 Å². The van der Waals surface area contributed by atoms with Gasteiger partial charge in [0.15, 0.2) is 17.3 Å². The topological polar surface area (TPSA) is 117 Å². The molecule has 2 aromatic heterocycles. The van der Waals surface area contributed by atoms with Crippen LogP contribution in [0.15, 0.2) is 80.6 Å². The average Bonchev–Trinajstić information content (AvgIpc) is 3.57. The van der Waals surface area contributed by atoms with Crippen molar-refractivity contribution in [2.45, 2.75) is 11.8 Å². The van der Waals surface area contributed by atoms with E-state index in [0.29, 0.717) is 50.9 Å². The number of hydrogen-bond donors (Lipinski definition) is 1. The van der Waals surface area contributed by atoms with Gasteiger partial charge in [0, 0.05) is 22.2 Å². The number of hydrogen-bond acceptors (Lipinski definition) is 8. The molecule has 0 aliphatic carbocycles. The Morgan fingerprint density at radius 2 is 1.76 bits per heavy atom. The fourth-order valence-corrected chi connectivity index (χ4v) is 4.84. The van der Waals surface area contributed by atoms with Crippen LogP contribution in [-0.2, 0) is 10.0 Å². The Morgan fingerprint density at radius 3 is 2.62 bits per heavy atom. The third kappa shape index (κ3) is 3.44. The number of nitrogens with zero attached hydrogens (tertiary/aromatic N) is 2. The van der Waals surface area contributed by atoms with Gasteiger partial charge in [0.2, 0.25) is 12.6 Å². The highest BCUT2D eigenvalue weighted by atomic mass is 32.2. The highest BCUT2D eigenvalue weighted by Crippen LogP contribution is 2.37. The lowest BCUT2D eigenvalue weighted by Crippen LogP contribution is -2.12. The largest absolute Gasteiger partial charge is 0.454 e. The van der Waals surface area contributed by atoms with Crippen molar-refractivity contribution in [2.75, 3.05) is 11.5 Å². The summed E-state index contributed by atoms with van der Waals surface area (Å²) in [5, 5.41) is 4.69. The number of aromatic nitrogens is 2. The van der Waals surface area contributed by atoms with Crippen molar-refractivity contribution in [3.05, 3.63) is 72.3 Å². The van der Waals surface area contributed by atoms with Gasteiger partial charge in [0.05, 0.1) is 4.90 Å². The van der Waals surface area contributed by atoms with Crippen molar-refractivity contribution in [1.29, 1.82) is 0 Å². The minimum atomic E-state index is -3.78. The predicted octanol–water partition coefficient (Wildman–Crippen LogP) is 4.99. The van der Waals surface area contributed by atoms with E-state index < -0.39 is 10.0 Å². The fraction of sp³-hybridized carbons (Fsp3) is 0.0833. The van der Waals surface area contributed by atoms with Crippen molar-refractivity contribution in [2.24, 2.45) is 0 Å². The Morgan fingerprint density at radius 1 is 0.941 bits per heavy atom. The third-order valence-electron chi connectivity index (χ3n) is 5.49. The van der Waals surface area contributed by atoms with E-state index in [1.807, 2.05) is 19.1 Å². The molecule has 0 atom stereocenters. The van der Waals surface area contributed by atoms with Crippen LogP contribution in [0.2, 0.25) is 0 Å². The van der Waals surface area contributed by atoms with E-state index in [0.717, 1.165) is 0 Å². The summed E-state index contributed by atoms with van der Waals surface area (Å²) in [7, 11) is -3.78. The van der Waals surface area contributed by atoms with Crippen molar-refractivity contribution in [3.8, 4) is 34.5 Å². The summed E-state index contributed by atoms with van der Waals surface area (Å²) in [6.45, 7) is 1.99. The Labute approximate surface area is 194 Å². The first-order chi connectivity index (χ1) is 16.5. The van der Waals surface area contributed by atoms with E-state index >= 15 is 0 Å². The maximum Gasteiger partial charge on any atom is 0.294 e. The lowest BCUT2D eigenvalue weighted by atomic mass is 10.1. The minimum absolute atomic E-state index is 0.117. The number of ether oxygens (including phenoxy) is 2. The smallest absolute Gasteiger partial charge is 0.294 e. The fourth-order valence-electron chi connectivity index (χ4n) is 3.76. The van der Waals surface area contributed by atoms with Gasteiger partial charge in [-0.3, -0.25) is 4.72 Å². The summed E-state index contributed by atoms with van der Waals surface area (Å²) >= 11 is 0. The predicted molar refractivity (Wildman–Crippen MR) is 123 cm³/mol. The third-order valence-corrected chi connectivity index (χ3v) is 6.87. The molecule has 0 saturated carbocycles. The maximum absolute atomic E-state index is 12.9. The summed E-state index contributed by atoms with van der Waals surface area (Å²) < 4.78 is 50.5. The molecular weight excluding hydrogens is 458 g/mol. The van der Waals surface area contributed by atoms with Crippen LogP contribution in [0.3, 0.4) is 0 Å². The molecule has 0 saturated heterocycles. The first kappa shape index (κ1) is 20.3. The van der Waals surface area contributed by atoms with Gasteiger partial charge in [-0.05, 0) is 55.5 Å². The molecule has 170 valence electrons. The molecule has 0 spiro atoms. The summed E-state index contributed by atoms with van der Waals surface area (Å²) in [6.07, 6.45) is 0. The second kappa shape index (κ2) is 7.63. The molecule has 1 N–H and O–H groups in total. The number of nitrogens with one attached hydrogen (secondary N) is 1. The zero-order valence-electron chi connectivity index (χ0n) is 17.8. The van der Waals surface area contributed by atoms with E-state index in [1.54, 1.807) is 48.5 Å². The summed E-state index contributed by atoms with van der Waals surface area (Å²) in [5.74, 6) is 2.20. The van der Waals surface area contributed by atoms with Crippen LogP contribution in [-0.4, -0.2) is 25.4 Å². The number of sulfonamides is 1. The van der Waals surface area contributed by atoms with Crippen LogP contribution in [0.4, 0.5) is 5.69 Å². The first-order valence-electron chi connectivity index (χ1n) is 10.3. The maximum atomic E-state index is 12.9. The molecule has 9 nitrogen and oxygen atoms in total. The Kier molecular flexibility index (Phi) is 4.56. The molecule has 0 amide bonds. The van der Waals surface area contributed by atoms with Gasteiger partial charge in [-0.1, -0.05) is 23.4 Å². The molecule has 1 aliphatic rings. The number of rotatable bonds is 5. The van der Waals surface area contributed by atoms with Gasteiger partial charge >= 0.3 is 0 Å². The molecule has 1 aliphatic heterocycles. The second-order valence-corrected chi connectivity index (χ2v) is 9.36. The van der Waals surface area contributed by atoms with E-state index in [2.05, 4.69) is 14.9 Å². The molecule has 10 heteroatoms. The molecular formula is C24H17N3O6S. The van der Waals surface area contributed by atoms with Crippen molar-refractivity contribution in [3.63, 3.8) is 0 Å². The number of fused-ring (bicyclic) bond motifs is 2. The van der Waals surface area contributed by atoms with E-state index in [9.17, 15) is 8.42 Å². The Hall–Kier alpha value is -4.31. The average molecular weight is 475 g/mol. The highest BCUT2D eigenvalue weighted by molar-refractivity contribution is 7.92. The molecule has 0 unspecified atom stereocenters. The normalized spacial score (nSPS) is 12.9. The molecule has 3 aromatic carbocycles. The number of aryl methyl sites for hydroxylation is 1. The number of furan rings is 1. The Balaban J connectivity index is 1.34. The molecule has 3 heterocycles. The standard InChI is InChI=1S/C24H17N3O6S/c1-14-18-12-17(34(28,29)27-16-5-3-2-4-6-16)8-10-19(18)32-22(14)24-25-23(26-33-24)15-7-9-20-21(11-15)31-13-30-20/h2-12,27H,13H2,1H3. The van der Waals surface area contributed by atoms with Crippen LogP contribution in [0, 0.1) is 6.92 Å². The zero-order valence-corrected chi connectivity index (χ0v) is 18.6. The monoisotopic (exact) mass is 475 g/mol. The number of para-hydroxylation sites is 1. The minimum Gasteiger partial charge on any atom is -0.454 e. The lowest BCUT2D eigenvalue weighted by Gasteiger charge is -2.07. The van der Waals surface area contributed by atoms with E-state index in [4.69, 9.17) is 18.4 Å². The summed E-state index contributed by atoms with van der Waals surface area (Å²) in [6, 6.07) is 18.7. The molecule has 0 fully saturated rings. The van der Waals surface area contributed by atoms with Gasteiger partial charge in [-0.25, -0.2) is 8.42 Å². The Bertz CT molecular complexity index is 1640. The summed E-state index contributed by atoms with van der Waals surface area (Å²) in [5.41, 5.74) is 2.38. The molecule has 34 heavy (non-hydrogen) atoms. The van der Waals surface area contributed by atoms with E-state index in [-0.39, 0.29) is 17.6 Å². The van der Waals surface area contributed by atoms with Crippen molar-refractivity contribution in [1.82, 2.24) is 10.1 Å². The van der Waals surface area contributed by atoms with Gasteiger partial charge < -0.3 is 18.4 Å².